The zero-order chi connectivity index (χ0) is 23.5. The molecule has 0 spiro atoms. The molecular formula is C20H36N2O8. The Morgan fingerprint density at radius 3 is 1.23 bits per heavy atom. The molecule has 2 unspecified atom stereocenters. The van der Waals surface area contributed by atoms with E-state index in [0.717, 1.165) is 0 Å². The predicted molar refractivity (Wildman–Crippen MR) is 108 cm³/mol. The first-order chi connectivity index (χ1) is 13.6. The zero-order valence-electron chi connectivity index (χ0n) is 18.8. The third-order valence-electron chi connectivity index (χ3n) is 3.26. The summed E-state index contributed by atoms with van der Waals surface area (Å²) in [6, 6.07) is -2.18. The lowest BCUT2D eigenvalue weighted by Gasteiger charge is -2.21. The molecule has 4 N–H and O–H groups in total. The van der Waals surface area contributed by atoms with Crippen molar-refractivity contribution in [3.05, 3.63) is 0 Å². The van der Waals surface area contributed by atoms with Gasteiger partial charge in [-0.1, -0.05) is 0 Å². The van der Waals surface area contributed by atoms with E-state index in [0.29, 0.717) is 12.8 Å². The Morgan fingerprint density at radius 1 is 0.667 bits per heavy atom. The van der Waals surface area contributed by atoms with Crippen molar-refractivity contribution in [1.29, 1.82) is 0 Å². The lowest BCUT2D eigenvalue weighted by Crippen LogP contribution is -2.39. The van der Waals surface area contributed by atoms with Gasteiger partial charge in [-0.3, -0.25) is 19.2 Å². The Hall–Kier alpha value is -2.20. The Labute approximate surface area is 177 Å². The van der Waals surface area contributed by atoms with E-state index in [4.69, 9.17) is 30.4 Å². The lowest BCUT2D eigenvalue weighted by atomic mass is 10.1. The molecule has 0 saturated heterocycles. The van der Waals surface area contributed by atoms with Crippen molar-refractivity contribution in [3.63, 3.8) is 0 Å². The highest BCUT2D eigenvalue weighted by molar-refractivity contribution is 5.83. The van der Waals surface area contributed by atoms with Gasteiger partial charge in [-0.05, 0) is 54.4 Å². The van der Waals surface area contributed by atoms with E-state index in [9.17, 15) is 19.2 Å². The first-order valence-corrected chi connectivity index (χ1v) is 9.89. The Morgan fingerprint density at radius 2 is 0.967 bits per heavy atom. The third kappa shape index (κ3) is 14.7. The van der Waals surface area contributed by atoms with Crippen LogP contribution in [-0.4, -0.2) is 60.4 Å². The second kappa shape index (κ2) is 12.5. The van der Waals surface area contributed by atoms with Crippen LogP contribution in [-0.2, 0) is 38.1 Å². The summed E-state index contributed by atoms with van der Waals surface area (Å²) in [7, 11) is 0. The Bertz CT molecular complexity index is 541. The topological polar surface area (TPSA) is 157 Å². The summed E-state index contributed by atoms with van der Waals surface area (Å²) >= 11 is 0. The molecule has 0 aliphatic heterocycles. The van der Waals surface area contributed by atoms with Crippen LogP contribution >= 0.6 is 0 Å². The van der Waals surface area contributed by atoms with Crippen molar-refractivity contribution in [2.45, 2.75) is 90.5 Å². The molecule has 2 atom stereocenters. The number of carbonyl (C=O) groups excluding carboxylic acids is 4. The lowest BCUT2D eigenvalue weighted by molar-refractivity contribution is -0.160. The minimum Gasteiger partial charge on any atom is -0.466 e. The molecule has 30 heavy (non-hydrogen) atoms. The summed E-state index contributed by atoms with van der Waals surface area (Å²) in [6.07, 6.45) is 0.316. The Balaban J connectivity index is 3.93. The minimum absolute atomic E-state index is 0.0921. The Kier molecular flexibility index (Phi) is 11.6. The van der Waals surface area contributed by atoms with Gasteiger partial charge in [0, 0.05) is 0 Å². The molecule has 0 aliphatic carbocycles. The molecular weight excluding hydrogens is 396 g/mol. The van der Waals surface area contributed by atoms with E-state index in [1.165, 1.54) is 0 Å². The normalized spacial score (nSPS) is 13.7. The average Bonchev–Trinajstić information content (AvgIpc) is 2.54. The van der Waals surface area contributed by atoms with Gasteiger partial charge >= 0.3 is 23.9 Å². The molecule has 0 radical (unpaired) electrons. The maximum Gasteiger partial charge on any atom is 0.324 e. The molecule has 0 aromatic carbocycles. The van der Waals surface area contributed by atoms with Crippen LogP contribution in [0.1, 0.15) is 67.2 Å². The molecule has 0 aliphatic rings. The summed E-state index contributed by atoms with van der Waals surface area (Å²) in [4.78, 5) is 46.8. The number of hydrogen-bond acceptors (Lipinski definition) is 10. The van der Waals surface area contributed by atoms with Gasteiger partial charge in [-0.15, -0.1) is 0 Å². The van der Waals surface area contributed by atoms with Gasteiger partial charge in [0.25, 0.3) is 0 Å². The molecule has 0 saturated carbocycles. The highest BCUT2D eigenvalue weighted by Gasteiger charge is 2.25. The van der Waals surface area contributed by atoms with Crippen molar-refractivity contribution >= 4 is 23.9 Å². The molecule has 0 amide bonds. The van der Waals surface area contributed by atoms with E-state index in [1.807, 2.05) is 0 Å². The van der Waals surface area contributed by atoms with Crippen molar-refractivity contribution in [2.75, 3.05) is 13.2 Å². The number of esters is 4. The second-order valence-electron chi connectivity index (χ2n) is 8.84. The van der Waals surface area contributed by atoms with Gasteiger partial charge in [0.1, 0.15) is 23.3 Å². The summed E-state index contributed by atoms with van der Waals surface area (Å²) in [6.45, 7) is 10.4. The summed E-state index contributed by atoms with van der Waals surface area (Å²) in [5.74, 6) is -2.57. The minimum atomic E-state index is -1.09. The van der Waals surface area contributed by atoms with E-state index >= 15 is 0 Å². The monoisotopic (exact) mass is 432 g/mol. The van der Waals surface area contributed by atoms with E-state index < -0.39 is 47.2 Å². The largest absolute Gasteiger partial charge is 0.466 e. The highest BCUT2D eigenvalue weighted by atomic mass is 16.6. The maximum atomic E-state index is 11.7. The summed E-state index contributed by atoms with van der Waals surface area (Å²) in [5.41, 5.74) is 9.88. The smallest absolute Gasteiger partial charge is 0.324 e. The van der Waals surface area contributed by atoms with Gasteiger partial charge in [0.05, 0.1) is 26.1 Å². The first kappa shape index (κ1) is 27.8. The van der Waals surface area contributed by atoms with Gasteiger partial charge in [0.2, 0.25) is 0 Å². The van der Waals surface area contributed by atoms with E-state index in [2.05, 4.69) is 0 Å². The summed E-state index contributed by atoms with van der Waals surface area (Å²) in [5, 5.41) is 0. The number of carbonyl (C=O) groups is 4. The van der Waals surface area contributed by atoms with Crippen LogP contribution < -0.4 is 11.5 Å². The highest BCUT2D eigenvalue weighted by Crippen LogP contribution is 2.10. The molecule has 10 nitrogen and oxygen atoms in total. The molecule has 0 heterocycles. The van der Waals surface area contributed by atoms with Crippen molar-refractivity contribution in [2.24, 2.45) is 11.5 Å². The second-order valence-corrected chi connectivity index (χ2v) is 8.84. The molecule has 0 aromatic heterocycles. The van der Waals surface area contributed by atoms with Gasteiger partial charge in [-0.25, -0.2) is 0 Å². The van der Waals surface area contributed by atoms with E-state index in [-0.39, 0.29) is 26.1 Å². The third-order valence-corrected chi connectivity index (χ3v) is 3.26. The summed E-state index contributed by atoms with van der Waals surface area (Å²) < 4.78 is 20.2. The van der Waals surface area contributed by atoms with Crippen LogP contribution in [0.25, 0.3) is 0 Å². The van der Waals surface area contributed by atoms with Crippen molar-refractivity contribution in [3.8, 4) is 0 Å². The fourth-order valence-electron chi connectivity index (χ4n) is 1.97. The van der Waals surface area contributed by atoms with Gasteiger partial charge < -0.3 is 30.4 Å². The first-order valence-electron chi connectivity index (χ1n) is 9.89. The zero-order valence-corrected chi connectivity index (χ0v) is 18.8. The van der Waals surface area contributed by atoms with Crippen LogP contribution in [0.2, 0.25) is 0 Å². The molecule has 10 heteroatoms. The van der Waals surface area contributed by atoms with Crippen molar-refractivity contribution in [1.82, 2.24) is 0 Å². The molecule has 174 valence electrons. The molecule has 0 aromatic rings. The van der Waals surface area contributed by atoms with Crippen LogP contribution in [0.4, 0.5) is 0 Å². The fourth-order valence-corrected chi connectivity index (χ4v) is 1.97. The number of unbranched alkanes of at least 4 members (excludes halogenated alkanes) is 1. The van der Waals surface area contributed by atoms with Crippen LogP contribution in [0.3, 0.4) is 0 Å². The maximum absolute atomic E-state index is 11.7. The SMILES string of the molecule is CC(C)(C)OC(=O)C(N)CC(=O)OCCCCOC(=O)CC(N)C(=O)OC(C)(C)C. The van der Waals surface area contributed by atoms with Gasteiger partial charge in [0.15, 0.2) is 0 Å². The molecule has 0 rings (SSSR count). The van der Waals surface area contributed by atoms with Gasteiger partial charge in [-0.2, -0.15) is 0 Å². The van der Waals surface area contributed by atoms with E-state index in [1.54, 1.807) is 41.5 Å². The van der Waals surface area contributed by atoms with Crippen LogP contribution in [0.15, 0.2) is 0 Å². The number of rotatable bonds is 11. The predicted octanol–water partition coefficient (Wildman–Crippen LogP) is 0.971. The standard InChI is InChI=1S/C20H36N2O8/c1-19(2,3)29-17(25)13(21)11-15(23)27-9-7-8-10-28-16(24)12-14(22)18(26)30-20(4,5)6/h13-14H,7-12,21-22H2,1-6H3. The molecule has 0 bridgehead atoms. The van der Waals surface area contributed by atoms with Crippen LogP contribution in [0, 0.1) is 0 Å². The molecule has 0 fully saturated rings. The quantitative estimate of drug-likeness (QED) is 0.274. The van der Waals surface area contributed by atoms with Crippen molar-refractivity contribution < 1.29 is 38.1 Å². The number of nitrogens with two attached hydrogens (primary N) is 2. The number of ether oxygens (including phenoxy) is 4. The van der Waals surface area contributed by atoms with Crippen LogP contribution in [0.5, 0.6) is 0 Å². The number of hydrogen-bond donors (Lipinski definition) is 2. The fraction of sp³-hybridized carbons (Fsp3) is 0.800. The average molecular weight is 433 g/mol.